The number of amides is 1. The van der Waals surface area contributed by atoms with Crippen molar-refractivity contribution in [1.82, 2.24) is 19.7 Å². The lowest BCUT2D eigenvalue weighted by atomic mass is 9.93. The molecule has 3 aromatic rings. The first-order valence-corrected chi connectivity index (χ1v) is 10.7. The lowest BCUT2D eigenvalue weighted by molar-refractivity contribution is -0.134. The normalized spacial score (nSPS) is 14.6. The number of aromatic nitrogens is 3. The molecule has 1 aliphatic rings. The molecule has 1 N–H and O–H groups in total. The van der Waals surface area contributed by atoms with Crippen LogP contribution in [0.2, 0.25) is 0 Å². The van der Waals surface area contributed by atoms with E-state index in [1.54, 1.807) is 4.57 Å². The van der Waals surface area contributed by atoms with E-state index in [1.165, 1.54) is 0 Å². The smallest absolute Gasteiger partial charge is 0.347 e. The van der Waals surface area contributed by atoms with Crippen molar-refractivity contribution >= 4 is 5.91 Å². The molecule has 2 aromatic carbocycles. The number of benzene rings is 2. The van der Waals surface area contributed by atoms with Gasteiger partial charge in [-0.15, -0.1) is 0 Å². The third-order valence-electron chi connectivity index (χ3n) is 5.92. The van der Waals surface area contributed by atoms with Crippen LogP contribution in [-0.4, -0.2) is 45.3 Å². The highest BCUT2D eigenvalue weighted by atomic mass is 16.5. The van der Waals surface area contributed by atoms with E-state index in [4.69, 9.17) is 4.74 Å². The zero-order valence-electron chi connectivity index (χ0n) is 18.0. The molecule has 0 atom stereocenters. The van der Waals surface area contributed by atoms with Crippen molar-refractivity contribution in [2.75, 3.05) is 19.7 Å². The van der Waals surface area contributed by atoms with E-state index in [0.29, 0.717) is 31.2 Å². The summed E-state index contributed by atoms with van der Waals surface area (Å²) in [7, 11) is 0. The lowest BCUT2D eigenvalue weighted by Gasteiger charge is -2.31. The lowest BCUT2D eigenvalue weighted by Crippen LogP contribution is -2.41. The Hall–Kier alpha value is -3.35. The van der Waals surface area contributed by atoms with E-state index in [-0.39, 0.29) is 18.2 Å². The Morgan fingerprint density at radius 2 is 1.81 bits per heavy atom. The summed E-state index contributed by atoms with van der Waals surface area (Å²) in [5.74, 6) is 1.84. The molecule has 4 rings (SSSR count). The third-order valence-corrected chi connectivity index (χ3v) is 5.92. The number of aromatic amines is 1. The first-order chi connectivity index (χ1) is 15.0. The largest absolute Gasteiger partial charge is 0.484 e. The first kappa shape index (κ1) is 20.9. The van der Waals surface area contributed by atoms with E-state index >= 15 is 0 Å². The fraction of sp³-hybridized carbons (Fsp3) is 0.375. The van der Waals surface area contributed by atoms with Gasteiger partial charge in [0.25, 0.3) is 5.91 Å². The Balaban J connectivity index is 1.33. The molecular weight excluding hydrogens is 392 g/mol. The Kier molecular flexibility index (Phi) is 6.21. The molecule has 7 heteroatoms. The average Bonchev–Trinajstić information content (AvgIpc) is 3.14. The number of rotatable bonds is 6. The topological polar surface area (TPSA) is 80.2 Å². The van der Waals surface area contributed by atoms with Crippen molar-refractivity contribution in [1.29, 1.82) is 0 Å². The molecule has 1 aromatic heterocycles. The number of H-pyrrole nitrogens is 1. The number of ether oxygens (including phenoxy) is 1. The highest BCUT2D eigenvalue weighted by Crippen LogP contribution is 2.22. The molecule has 0 unspecified atom stereocenters. The number of piperidine rings is 1. The molecule has 31 heavy (non-hydrogen) atoms. The molecule has 162 valence electrons. The van der Waals surface area contributed by atoms with Crippen LogP contribution in [0.4, 0.5) is 0 Å². The summed E-state index contributed by atoms with van der Waals surface area (Å²) in [5.41, 5.74) is 2.83. The molecule has 0 spiro atoms. The Labute approximate surface area is 181 Å². The van der Waals surface area contributed by atoms with Gasteiger partial charge < -0.3 is 9.64 Å². The summed E-state index contributed by atoms with van der Waals surface area (Å²) in [6.07, 6.45) is 2.46. The maximum Gasteiger partial charge on any atom is 0.347 e. The van der Waals surface area contributed by atoms with E-state index in [0.717, 1.165) is 35.5 Å². The Morgan fingerprint density at radius 3 is 2.52 bits per heavy atom. The van der Waals surface area contributed by atoms with E-state index in [1.807, 2.05) is 67.3 Å². The number of likely N-dealkylation sites (tertiary alicyclic amines) is 1. The summed E-state index contributed by atoms with van der Waals surface area (Å²) in [5, 5.41) is 6.87. The highest BCUT2D eigenvalue weighted by Gasteiger charge is 2.25. The summed E-state index contributed by atoms with van der Waals surface area (Å²) in [6, 6.07) is 15.5. The zero-order chi connectivity index (χ0) is 21.8. The van der Waals surface area contributed by atoms with Crippen molar-refractivity contribution in [3.05, 3.63) is 76.0 Å². The van der Waals surface area contributed by atoms with Crippen LogP contribution in [0.5, 0.6) is 5.75 Å². The summed E-state index contributed by atoms with van der Waals surface area (Å²) in [4.78, 5) is 26.7. The van der Waals surface area contributed by atoms with Gasteiger partial charge >= 0.3 is 5.69 Å². The second-order valence-corrected chi connectivity index (χ2v) is 8.20. The van der Waals surface area contributed by atoms with Gasteiger partial charge in [0.15, 0.2) is 6.61 Å². The van der Waals surface area contributed by atoms with E-state index in [2.05, 4.69) is 10.2 Å². The van der Waals surface area contributed by atoms with Crippen LogP contribution in [0.25, 0.3) is 5.69 Å². The fourth-order valence-corrected chi connectivity index (χ4v) is 4.04. The van der Waals surface area contributed by atoms with Crippen molar-refractivity contribution in [2.45, 2.75) is 33.1 Å². The SMILES string of the molecule is Cc1ccc(OCC(=O)N2CCC(Cc3n[nH]c(=O)n3-c3ccccc3C)CC2)cc1. The Morgan fingerprint density at radius 1 is 1.10 bits per heavy atom. The quantitative estimate of drug-likeness (QED) is 0.665. The zero-order valence-corrected chi connectivity index (χ0v) is 18.0. The van der Waals surface area contributed by atoms with Gasteiger partial charge in [-0.05, 0) is 56.4 Å². The monoisotopic (exact) mass is 420 g/mol. The summed E-state index contributed by atoms with van der Waals surface area (Å²) in [6.45, 7) is 5.45. The molecule has 1 amide bonds. The minimum Gasteiger partial charge on any atom is -0.484 e. The molecule has 0 aliphatic carbocycles. The number of carbonyl (C=O) groups is 1. The number of carbonyl (C=O) groups excluding carboxylic acids is 1. The van der Waals surface area contributed by atoms with Gasteiger partial charge in [0, 0.05) is 19.5 Å². The predicted molar refractivity (Wildman–Crippen MR) is 119 cm³/mol. The van der Waals surface area contributed by atoms with Gasteiger partial charge in [-0.2, -0.15) is 5.10 Å². The maximum absolute atomic E-state index is 12.5. The van der Waals surface area contributed by atoms with Crippen LogP contribution >= 0.6 is 0 Å². The van der Waals surface area contributed by atoms with Gasteiger partial charge in [-0.1, -0.05) is 35.9 Å². The molecule has 0 bridgehead atoms. The number of aryl methyl sites for hydroxylation is 2. The van der Waals surface area contributed by atoms with Gasteiger partial charge in [0.05, 0.1) is 5.69 Å². The van der Waals surface area contributed by atoms with Gasteiger partial charge in [-0.3, -0.25) is 4.79 Å². The number of hydrogen-bond acceptors (Lipinski definition) is 4. The molecular formula is C24H28N4O3. The predicted octanol–water partition coefficient (Wildman–Crippen LogP) is 3.04. The number of nitrogens with zero attached hydrogens (tertiary/aromatic N) is 3. The second kappa shape index (κ2) is 9.20. The van der Waals surface area contributed by atoms with E-state index in [9.17, 15) is 9.59 Å². The van der Waals surface area contributed by atoms with Crippen LogP contribution in [0, 0.1) is 19.8 Å². The molecule has 7 nitrogen and oxygen atoms in total. The molecule has 1 fully saturated rings. The van der Waals surface area contributed by atoms with Crippen LogP contribution in [0.1, 0.15) is 29.8 Å². The van der Waals surface area contributed by atoms with Gasteiger partial charge in [0.1, 0.15) is 11.6 Å². The van der Waals surface area contributed by atoms with Crippen LogP contribution in [0.15, 0.2) is 53.3 Å². The second-order valence-electron chi connectivity index (χ2n) is 8.20. The highest BCUT2D eigenvalue weighted by molar-refractivity contribution is 5.77. The van der Waals surface area contributed by atoms with Gasteiger partial charge in [-0.25, -0.2) is 14.5 Å². The number of nitrogens with one attached hydrogen (secondary N) is 1. The molecule has 1 saturated heterocycles. The molecule has 0 saturated carbocycles. The standard InChI is InChI=1S/C24H28N4O3/c1-17-7-9-20(10-8-17)31-16-23(29)27-13-11-19(12-14-27)15-22-25-26-24(30)28(22)21-6-4-3-5-18(21)2/h3-10,19H,11-16H2,1-2H3,(H,26,30). The summed E-state index contributed by atoms with van der Waals surface area (Å²) >= 11 is 0. The first-order valence-electron chi connectivity index (χ1n) is 10.7. The van der Waals surface area contributed by atoms with Crippen LogP contribution < -0.4 is 10.4 Å². The number of hydrogen-bond donors (Lipinski definition) is 1. The minimum atomic E-state index is -0.217. The summed E-state index contributed by atoms with van der Waals surface area (Å²) < 4.78 is 7.30. The van der Waals surface area contributed by atoms with Crippen LogP contribution in [-0.2, 0) is 11.2 Å². The maximum atomic E-state index is 12.5. The molecule has 0 radical (unpaired) electrons. The Bertz CT molecular complexity index is 1090. The molecule has 2 heterocycles. The van der Waals surface area contributed by atoms with E-state index < -0.39 is 0 Å². The van der Waals surface area contributed by atoms with Crippen molar-refractivity contribution in [2.24, 2.45) is 5.92 Å². The third kappa shape index (κ3) is 4.87. The average molecular weight is 421 g/mol. The van der Waals surface area contributed by atoms with Crippen molar-refractivity contribution in [3.8, 4) is 11.4 Å². The van der Waals surface area contributed by atoms with Crippen LogP contribution in [0.3, 0.4) is 0 Å². The van der Waals surface area contributed by atoms with Crippen molar-refractivity contribution < 1.29 is 9.53 Å². The number of para-hydroxylation sites is 1. The minimum absolute atomic E-state index is 0.00983. The fourth-order valence-electron chi connectivity index (χ4n) is 4.04. The van der Waals surface area contributed by atoms with Crippen molar-refractivity contribution in [3.63, 3.8) is 0 Å². The molecule has 1 aliphatic heterocycles. The van der Waals surface area contributed by atoms with Gasteiger partial charge in [0.2, 0.25) is 0 Å².